The number of hydrogen-bond donors (Lipinski definition) is 1. The minimum atomic E-state index is 0.168. The van der Waals surface area contributed by atoms with Gasteiger partial charge in [-0.3, -0.25) is 0 Å². The van der Waals surface area contributed by atoms with Crippen molar-refractivity contribution in [3.05, 3.63) is 29.8 Å². The van der Waals surface area contributed by atoms with Gasteiger partial charge in [-0.05, 0) is 24.6 Å². The van der Waals surface area contributed by atoms with E-state index in [0.717, 1.165) is 35.2 Å². The molecule has 1 atom stereocenters. The lowest BCUT2D eigenvalue weighted by atomic mass is 10.1. The number of fused-ring (bicyclic) bond motifs is 1. The third kappa shape index (κ3) is 2.69. The fraction of sp³-hybridized carbons (Fsp3) is 0.400. The molecule has 1 fully saturated rings. The molecule has 5 nitrogen and oxygen atoms in total. The van der Waals surface area contributed by atoms with Gasteiger partial charge in [0, 0.05) is 23.6 Å². The van der Waals surface area contributed by atoms with Crippen molar-refractivity contribution in [1.82, 2.24) is 4.98 Å². The van der Waals surface area contributed by atoms with Crippen molar-refractivity contribution in [3.63, 3.8) is 0 Å². The van der Waals surface area contributed by atoms with Gasteiger partial charge < -0.3 is 19.9 Å². The summed E-state index contributed by atoms with van der Waals surface area (Å²) in [4.78, 5) is 4.42. The molecule has 1 saturated heterocycles. The average Bonchev–Trinajstić information content (AvgIpc) is 2.97. The monoisotopic (exact) mass is 274 g/mol. The molecule has 2 N–H and O–H groups in total. The number of nitrogens with two attached hydrogens (primary N) is 1. The molecule has 0 saturated carbocycles. The highest BCUT2D eigenvalue weighted by atomic mass is 16.5. The van der Waals surface area contributed by atoms with Crippen LogP contribution in [0.1, 0.15) is 12.0 Å². The maximum Gasteiger partial charge on any atom is 0.129 e. The molecule has 1 aliphatic heterocycles. The van der Waals surface area contributed by atoms with Crippen molar-refractivity contribution >= 4 is 16.7 Å². The molecule has 106 valence electrons. The van der Waals surface area contributed by atoms with Gasteiger partial charge in [-0.15, -0.1) is 0 Å². The number of nitrogen functional groups attached to an aromatic ring is 1. The molecule has 2 heterocycles. The molecule has 1 aromatic heterocycles. The van der Waals surface area contributed by atoms with E-state index in [9.17, 15) is 0 Å². The smallest absolute Gasteiger partial charge is 0.129 e. The molecule has 5 heteroatoms. The minimum absolute atomic E-state index is 0.168. The predicted molar refractivity (Wildman–Crippen MR) is 76.7 cm³/mol. The summed E-state index contributed by atoms with van der Waals surface area (Å²) in [5.41, 5.74) is 7.74. The molecule has 2 aromatic rings. The Morgan fingerprint density at radius 1 is 1.40 bits per heavy atom. The maximum absolute atomic E-state index is 6.00. The van der Waals surface area contributed by atoms with Crippen LogP contribution in [-0.2, 0) is 16.1 Å². The molecule has 0 amide bonds. The van der Waals surface area contributed by atoms with Crippen LogP contribution in [0.2, 0.25) is 0 Å². The van der Waals surface area contributed by atoms with E-state index in [1.807, 2.05) is 24.3 Å². The third-order valence-electron chi connectivity index (χ3n) is 3.50. The Bertz CT molecular complexity index is 609. The number of methoxy groups -OCH3 is 1. The first-order valence-electron chi connectivity index (χ1n) is 6.69. The Kier molecular flexibility index (Phi) is 3.71. The van der Waals surface area contributed by atoms with Crippen molar-refractivity contribution < 1.29 is 14.2 Å². The van der Waals surface area contributed by atoms with Crippen LogP contribution in [0.3, 0.4) is 0 Å². The highest BCUT2D eigenvalue weighted by Crippen LogP contribution is 2.24. The number of benzene rings is 1. The second kappa shape index (κ2) is 5.64. The van der Waals surface area contributed by atoms with Crippen molar-refractivity contribution in [2.45, 2.75) is 19.1 Å². The van der Waals surface area contributed by atoms with E-state index in [2.05, 4.69) is 4.98 Å². The van der Waals surface area contributed by atoms with Crippen LogP contribution in [0.5, 0.6) is 5.75 Å². The molecule has 1 aliphatic rings. The Labute approximate surface area is 117 Å². The van der Waals surface area contributed by atoms with E-state index < -0.39 is 0 Å². The zero-order valence-electron chi connectivity index (χ0n) is 11.5. The van der Waals surface area contributed by atoms with Gasteiger partial charge in [0.1, 0.15) is 11.6 Å². The summed E-state index contributed by atoms with van der Waals surface area (Å²) in [7, 11) is 1.64. The summed E-state index contributed by atoms with van der Waals surface area (Å²) >= 11 is 0. The standard InChI is InChI=1S/C15H18N2O3/c1-18-12-3-2-10-6-11(15(16)17-14(10)7-12)8-20-13-4-5-19-9-13/h2-3,6-7,13H,4-5,8-9H2,1H3,(H2,16,17). The molecular weight excluding hydrogens is 256 g/mol. The van der Waals surface area contributed by atoms with Crippen LogP contribution in [0.15, 0.2) is 24.3 Å². The Hall–Kier alpha value is -1.85. The van der Waals surface area contributed by atoms with Crippen molar-refractivity contribution in [2.75, 3.05) is 26.1 Å². The van der Waals surface area contributed by atoms with Crippen molar-refractivity contribution in [3.8, 4) is 5.75 Å². The van der Waals surface area contributed by atoms with E-state index in [1.165, 1.54) is 0 Å². The normalized spacial score (nSPS) is 18.6. The number of aromatic nitrogens is 1. The maximum atomic E-state index is 6.00. The van der Waals surface area contributed by atoms with Crippen LogP contribution in [0, 0.1) is 0 Å². The summed E-state index contributed by atoms with van der Waals surface area (Å²) in [6.45, 7) is 1.91. The second-order valence-electron chi connectivity index (χ2n) is 4.89. The topological polar surface area (TPSA) is 66.6 Å². The minimum Gasteiger partial charge on any atom is -0.497 e. The van der Waals surface area contributed by atoms with Crippen LogP contribution in [0.25, 0.3) is 10.9 Å². The highest BCUT2D eigenvalue weighted by molar-refractivity contribution is 5.82. The van der Waals surface area contributed by atoms with Crippen LogP contribution >= 0.6 is 0 Å². The number of rotatable bonds is 4. The lowest BCUT2D eigenvalue weighted by Crippen LogP contribution is -2.13. The van der Waals surface area contributed by atoms with E-state index in [1.54, 1.807) is 7.11 Å². The summed E-state index contributed by atoms with van der Waals surface area (Å²) in [6.07, 6.45) is 1.11. The van der Waals surface area contributed by atoms with Gasteiger partial charge in [0.15, 0.2) is 0 Å². The van der Waals surface area contributed by atoms with Crippen LogP contribution in [-0.4, -0.2) is 31.4 Å². The fourth-order valence-corrected chi connectivity index (χ4v) is 2.30. The van der Waals surface area contributed by atoms with Crippen LogP contribution < -0.4 is 10.5 Å². The molecule has 0 aliphatic carbocycles. The molecule has 20 heavy (non-hydrogen) atoms. The Balaban J connectivity index is 1.81. The lowest BCUT2D eigenvalue weighted by Gasteiger charge is -2.12. The van der Waals surface area contributed by atoms with E-state index in [0.29, 0.717) is 19.0 Å². The largest absolute Gasteiger partial charge is 0.497 e. The van der Waals surface area contributed by atoms with Gasteiger partial charge in [0.05, 0.1) is 31.9 Å². The summed E-state index contributed by atoms with van der Waals surface area (Å²) in [6, 6.07) is 7.78. The molecule has 0 spiro atoms. The van der Waals surface area contributed by atoms with Gasteiger partial charge in [-0.25, -0.2) is 4.98 Å². The summed E-state index contributed by atoms with van der Waals surface area (Å²) in [5, 5.41) is 1.03. The van der Waals surface area contributed by atoms with Crippen LogP contribution in [0.4, 0.5) is 5.82 Å². The number of ether oxygens (including phenoxy) is 3. The first-order chi connectivity index (χ1) is 9.76. The van der Waals surface area contributed by atoms with Gasteiger partial charge in [0.2, 0.25) is 0 Å². The van der Waals surface area contributed by atoms with Gasteiger partial charge in [-0.2, -0.15) is 0 Å². The van der Waals surface area contributed by atoms with E-state index >= 15 is 0 Å². The molecule has 3 rings (SSSR count). The first kappa shape index (κ1) is 13.1. The van der Waals surface area contributed by atoms with Gasteiger partial charge in [-0.1, -0.05) is 0 Å². The second-order valence-corrected chi connectivity index (χ2v) is 4.89. The van der Waals surface area contributed by atoms with Gasteiger partial charge in [0.25, 0.3) is 0 Å². The lowest BCUT2D eigenvalue weighted by molar-refractivity contribution is 0.0320. The zero-order valence-corrected chi connectivity index (χ0v) is 11.5. The van der Waals surface area contributed by atoms with E-state index in [4.69, 9.17) is 19.9 Å². The highest BCUT2D eigenvalue weighted by Gasteiger charge is 2.16. The van der Waals surface area contributed by atoms with Gasteiger partial charge >= 0.3 is 0 Å². The average molecular weight is 274 g/mol. The quantitative estimate of drug-likeness (QED) is 0.925. The number of hydrogen-bond acceptors (Lipinski definition) is 5. The molecule has 0 bridgehead atoms. The first-order valence-corrected chi connectivity index (χ1v) is 6.69. The number of nitrogens with zero attached hydrogens (tertiary/aromatic N) is 1. The number of pyridine rings is 1. The van der Waals surface area contributed by atoms with Crippen molar-refractivity contribution in [1.29, 1.82) is 0 Å². The predicted octanol–water partition coefficient (Wildman–Crippen LogP) is 2.13. The Morgan fingerprint density at radius 2 is 2.30 bits per heavy atom. The third-order valence-corrected chi connectivity index (χ3v) is 3.50. The molecule has 1 aromatic carbocycles. The number of anilines is 1. The summed E-state index contributed by atoms with van der Waals surface area (Å²) < 4.78 is 16.3. The summed E-state index contributed by atoms with van der Waals surface area (Å²) in [5.74, 6) is 1.28. The fourth-order valence-electron chi connectivity index (χ4n) is 2.30. The zero-order chi connectivity index (χ0) is 13.9. The Morgan fingerprint density at radius 3 is 3.05 bits per heavy atom. The molecular formula is C15H18N2O3. The van der Waals surface area contributed by atoms with Crippen molar-refractivity contribution in [2.24, 2.45) is 0 Å². The van der Waals surface area contributed by atoms with E-state index in [-0.39, 0.29) is 6.10 Å². The molecule has 0 radical (unpaired) electrons. The molecule has 1 unspecified atom stereocenters. The SMILES string of the molecule is COc1ccc2cc(COC3CCOC3)c(N)nc2c1.